The van der Waals surface area contributed by atoms with Crippen LogP contribution in [0.25, 0.3) is 0 Å². The van der Waals surface area contributed by atoms with Crippen LogP contribution in [0.3, 0.4) is 0 Å². The normalized spacial score (nSPS) is 12.0. The smallest absolute Gasteiger partial charge is 0.254 e. The van der Waals surface area contributed by atoms with Crippen LogP contribution in [0.5, 0.6) is 0 Å². The molecule has 5 nitrogen and oxygen atoms in total. The molecule has 22 heavy (non-hydrogen) atoms. The first-order valence-electron chi connectivity index (χ1n) is 6.74. The quantitative estimate of drug-likeness (QED) is 0.889. The summed E-state index contributed by atoms with van der Waals surface area (Å²) in [5.74, 6) is -1.78. The molecule has 1 aromatic carbocycles. The predicted molar refractivity (Wildman–Crippen MR) is 83.2 cm³/mol. The van der Waals surface area contributed by atoms with Gasteiger partial charge < -0.3 is 10.6 Å². The zero-order valence-electron chi connectivity index (χ0n) is 12.2. The highest BCUT2D eigenvalue weighted by Gasteiger charge is 2.26. The Morgan fingerprint density at radius 1 is 1.27 bits per heavy atom. The molecule has 0 spiro atoms. The van der Waals surface area contributed by atoms with Crippen molar-refractivity contribution in [2.24, 2.45) is 5.92 Å². The number of amides is 2. The maximum Gasteiger partial charge on any atom is 0.254 e. The highest BCUT2D eigenvalue weighted by Crippen LogP contribution is 2.13. The van der Waals surface area contributed by atoms with Gasteiger partial charge in [0.25, 0.3) is 5.91 Å². The average molecular weight is 321 g/mol. The second-order valence-corrected chi connectivity index (χ2v) is 5.90. The topological polar surface area (TPSA) is 71.1 Å². The van der Waals surface area contributed by atoms with E-state index in [0.29, 0.717) is 5.13 Å². The molecule has 0 radical (unpaired) electrons. The Morgan fingerprint density at radius 3 is 2.59 bits per heavy atom. The first kappa shape index (κ1) is 16.1. The van der Waals surface area contributed by atoms with Crippen LogP contribution in [0.15, 0.2) is 35.8 Å². The Bertz CT molecular complexity index is 659. The number of benzene rings is 1. The van der Waals surface area contributed by atoms with Gasteiger partial charge in [0, 0.05) is 11.6 Å². The van der Waals surface area contributed by atoms with Crippen molar-refractivity contribution in [3.63, 3.8) is 0 Å². The number of carbonyl (C=O) groups excluding carboxylic acids is 2. The molecule has 0 saturated carbocycles. The van der Waals surface area contributed by atoms with E-state index in [2.05, 4.69) is 15.6 Å². The minimum absolute atomic E-state index is 0.0878. The molecule has 0 bridgehead atoms. The Balaban J connectivity index is 2.10. The summed E-state index contributed by atoms with van der Waals surface area (Å²) < 4.78 is 13.6. The largest absolute Gasteiger partial charge is 0.340 e. The van der Waals surface area contributed by atoms with Crippen molar-refractivity contribution < 1.29 is 14.0 Å². The molecule has 0 unspecified atom stereocenters. The summed E-state index contributed by atoms with van der Waals surface area (Å²) in [6, 6.07) is 4.87. The van der Waals surface area contributed by atoms with Crippen LogP contribution < -0.4 is 10.6 Å². The molecule has 7 heteroatoms. The van der Waals surface area contributed by atoms with Crippen LogP contribution in [0, 0.1) is 11.7 Å². The van der Waals surface area contributed by atoms with E-state index in [9.17, 15) is 14.0 Å². The SMILES string of the molecule is CC(C)[C@@H](NC(=O)c1ccccc1F)C(=O)Nc1nccs1. The lowest BCUT2D eigenvalue weighted by Gasteiger charge is -2.21. The number of thiazole rings is 1. The Labute approximate surface area is 131 Å². The second kappa shape index (κ2) is 7.13. The van der Waals surface area contributed by atoms with Gasteiger partial charge in [0.2, 0.25) is 5.91 Å². The van der Waals surface area contributed by atoms with Crippen molar-refractivity contribution in [1.82, 2.24) is 10.3 Å². The molecule has 0 aliphatic heterocycles. The van der Waals surface area contributed by atoms with Crippen molar-refractivity contribution in [3.8, 4) is 0 Å². The molecule has 0 aliphatic carbocycles. The second-order valence-electron chi connectivity index (χ2n) is 5.00. The average Bonchev–Trinajstić information content (AvgIpc) is 2.97. The molecule has 2 N–H and O–H groups in total. The summed E-state index contributed by atoms with van der Waals surface area (Å²) in [6.07, 6.45) is 1.57. The minimum Gasteiger partial charge on any atom is -0.340 e. The first-order valence-corrected chi connectivity index (χ1v) is 7.62. The molecule has 116 valence electrons. The third-order valence-electron chi connectivity index (χ3n) is 3.02. The number of nitrogens with one attached hydrogen (secondary N) is 2. The molecule has 1 heterocycles. The number of hydrogen-bond acceptors (Lipinski definition) is 4. The molecule has 2 aromatic rings. The lowest BCUT2D eigenvalue weighted by atomic mass is 10.0. The van der Waals surface area contributed by atoms with Gasteiger partial charge >= 0.3 is 0 Å². The Morgan fingerprint density at radius 2 is 2.00 bits per heavy atom. The number of anilines is 1. The van der Waals surface area contributed by atoms with Crippen molar-refractivity contribution in [3.05, 3.63) is 47.2 Å². The van der Waals surface area contributed by atoms with E-state index in [-0.39, 0.29) is 17.4 Å². The highest BCUT2D eigenvalue weighted by molar-refractivity contribution is 7.13. The maximum atomic E-state index is 13.6. The minimum atomic E-state index is -0.781. The molecule has 2 amide bonds. The monoisotopic (exact) mass is 321 g/mol. The molecule has 0 saturated heterocycles. The summed E-state index contributed by atoms with van der Waals surface area (Å²) in [5, 5.41) is 7.39. The van der Waals surface area contributed by atoms with Gasteiger partial charge in [0.05, 0.1) is 5.56 Å². The number of hydrogen-bond donors (Lipinski definition) is 2. The van der Waals surface area contributed by atoms with Crippen molar-refractivity contribution in [2.75, 3.05) is 5.32 Å². The summed E-state index contributed by atoms with van der Waals surface area (Å²) in [4.78, 5) is 28.4. The zero-order valence-corrected chi connectivity index (χ0v) is 13.0. The molecule has 0 aliphatic rings. The highest BCUT2D eigenvalue weighted by atomic mass is 32.1. The number of nitrogens with zero attached hydrogens (tertiary/aromatic N) is 1. The van der Waals surface area contributed by atoms with Crippen LogP contribution >= 0.6 is 11.3 Å². The molecular weight excluding hydrogens is 305 g/mol. The van der Waals surface area contributed by atoms with E-state index in [4.69, 9.17) is 0 Å². The van der Waals surface area contributed by atoms with Crippen molar-refractivity contribution in [1.29, 1.82) is 0 Å². The van der Waals surface area contributed by atoms with E-state index in [1.54, 1.807) is 31.5 Å². The van der Waals surface area contributed by atoms with Gasteiger partial charge in [-0.1, -0.05) is 26.0 Å². The third kappa shape index (κ3) is 3.88. The molecule has 1 atom stereocenters. The number of halogens is 1. The first-order chi connectivity index (χ1) is 10.5. The molecule has 0 fully saturated rings. The van der Waals surface area contributed by atoms with Crippen molar-refractivity contribution >= 4 is 28.3 Å². The predicted octanol–water partition coefficient (Wildman–Crippen LogP) is 2.68. The van der Waals surface area contributed by atoms with Gasteiger partial charge in [-0.2, -0.15) is 0 Å². The Kier molecular flexibility index (Phi) is 5.21. The lowest BCUT2D eigenvalue weighted by Crippen LogP contribution is -2.47. The summed E-state index contributed by atoms with van der Waals surface area (Å²) in [5.41, 5.74) is -0.0878. The van der Waals surface area contributed by atoms with Crippen LogP contribution in [0.2, 0.25) is 0 Å². The van der Waals surface area contributed by atoms with E-state index in [1.807, 2.05) is 0 Å². The standard InChI is InChI=1S/C15H16FN3O2S/c1-9(2)12(14(21)19-15-17-7-8-22-15)18-13(20)10-5-3-4-6-11(10)16/h3-9,12H,1-2H3,(H,18,20)(H,17,19,21)/t12-/m1/s1. The van der Waals surface area contributed by atoms with Gasteiger partial charge in [-0.15, -0.1) is 11.3 Å². The van der Waals surface area contributed by atoms with E-state index < -0.39 is 17.8 Å². The summed E-state index contributed by atoms with van der Waals surface area (Å²) in [6.45, 7) is 3.60. The molecule has 2 rings (SSSR count). The van der Waals surface area contributed by atoms with Gasteiger partial charge in [0.15, 0.2) is 5.13 Å². The molecular formula is C15H16FN3O2S. The van der Waals surface area contributed by atoms with Crippen LogP contribution in [0.4, 0.5) is 9.52 Å². The van der Waals surface area contributed by atoms with E-state index in [0.717, 1.165) is 0 Å². The fourth-order valence-corrected chi connectivity index (χ4v) is 2.40. The molecule has 1 aromatic heterocycles. The van der Waals surface area contributed by atoms with Gasteiger partial charge in [0.1, 0.15) is 11.9 Å². The van der Waals surface area contributed by atoms with Crippen LogP contribution in [-0.4, -0.2) is 22.8 Å². The number of aromatic nitrogens is 1. The summed E-state index contributed by atoms with van der Waals surface area (Å²) in [7, 11) is 0. The number of carbonyl (C=O) groups is 2. The number of rotatable bonds is 5. The third-order valence-corrected chi connectivity index (χ3v) is 3.71. The fraction of sp³-hybridized carbons (Fsp3) is 0.267. The van der Waals surface area contributed by atoms with Gasteiger partial charge in [-0.3, -0.25) is 9.59 Å². The summed E-state index contributed by atoms with van der Waals surface area (Å²) >= 11 is 1.28. The van der Waals surface area contributed by atoms with E-state index in [1.165, 1.54) is 29.5 Å². The van der Waals surface area contributed by atoms with Crippen LogP contribution in [0.1, 0.15) is 24.2 Å². The lowest BCUT2D eigenvalue weighted by molar-refractivity contribution is -0.118. The van der Waals surface area contributed by atoms with E-state index >= 15 is 0 Å². The van der Waals surface area contributed by atoms with Gasteiger partial charge in [-0.25, -0.2) is 9.37 Å². The maximum absolute atomic E-state index is 13.6. The Hall–Kier alpha value is -2.28. The van der Waals surface area contributed by atoms with Crippen molar-refractivity contribution in [2.45, 2.75) is 19.9 Å². The van der Waals surface area contributed by atoms with Crippen LogP contribution in [-0.2, 0) is 4.79 Å². The fourth-order valence-electron chi connectivity index (χ4n) is 1.87. The van der Waals surface area contributed by atoms with Gasteiger partial charge in [-0.05, 0) is 18.1 Å². The zero-order chi connectivity index (χ0) is 16.1.